The summed E-state index contributed by atoms with van der Waals surface area (Å²) in [7, 11) is -8.80. The van der Waals surface area contributed by atoms with E-state index in [2.05, 4.69) is 37.7 Å². The summed E-state index contributed by atoms with van der Waals surface area (Å²) >= 11 is 6.60. The second kappa shape index (κ2) is 19.0. The molecule has 5 aromatic rings. The lowest BCUT2D eigenvalue weighted by molar-refractivity contribution is -0.143. The van der Waals surface area contributed by atoms with Gasteiger partial charge in [-0.3, -0.25) is 19.6 Å². The summed E-state index contributed by atoms with van der Waals surface area (Å²) in [5, 5.41) is 18.1. The standard InChI is InChI=1S/C43H39ClF10N10O7S2/c1-40(2,72(3,67)68)10-9-23-5-6-24(25-7-8-28(44)32-34(25)63(19-41(47,48)49)61-37(32)64(73(4,69)70)39(66)71-12-11-57-38(55)56)33(58-23)29(15-20-13-21(45)16-22(46)14-20)59-30(65)18-62-36-31(35(60-62)43(52,53)54)26-17-27(26)42(36,50)51/h5-8,13-14,16,26-27,29H,11-12,15,17-19H2,1-4H3,(H,59,65)(H4,55,56,57)/t26-,27+,29-/m0/s1. The molecule has 1 saturated carbocycles. The molecule has 2 aliphatic rings. The Hall–Kier alpha value is -6.67. The third kappa shape index (κ3) is 11.3. The molecule has 3 heterocycles. The van der Waals surface area contributed by atoms with Crippen LogP contribution in [0.1, 0.15) is 66.1 Å². The number of nitrogens with one attached hydrogen (secondary N) is 3. The second-order valence-corrected chi connectivity index (χ2v) is 22.3. The fourth-order valence-corrected chi connectivity index (χ4v) is 9.40. The number of ether oxygens (including phenoxy) is 1. The van der Waals surface area contributed by atoms with Gasteiger partial charge in [-0.2, -0.15) is 49.6 Å². The molecule has 0 aliphatic heterocycles. The molecule has 73 heavy (non-hydrogen) atoms. The Kier molecular flexibility index (Phi) is 14.1. The highest BCUT2D eigenvalue weighted by Crippen LogP contribution is 2.68. The van der Waals surface area contributed by atoms with Crippen LogP contribution in [0.4, 0.5) is 54.5 Å². The maximum Gasteiger partial charge on any atom is 0.435 e. The summed E-state index contributed by atoms with van der Waals surface area (Å²) in [6.07, 6.45) is -11.8. The molecule has 0 spiro atoms. The fraction of sp³-hybridized carbons (Fsp3) is 0.395. The van der Waals surface area contributed by atoms with E-state index in [-0.39, 0.29) is 43.5 Å². The van der Waals surface area contributed by atoms with Gasteiger partial charge in [0.1, 0.15) is 47.5 Å². The number of carbonyl (C=O) groups excluding carboxylic acids is 2. The van der Waals surface area contributed by atoms with Crippen molar-refractivity contribution in [1.82, 2.24) is 35.2 Å². The molecule has 5 N–H and O–H groups in total. The number of alkyl halides is 8. The Labute approximate surface area is 412 Å². The number of halogens is 11. The van der Waals surface area contributed by atoms with Gasteiger partial charge in [-0.1, -0.05) is 23.6 Å². The number of sulfone groups is 1. The molecule has 2 aromatic carbocycles. The molecule has 3 atom stereocenters. The van der Waals surface area contributed by atoms with Crippen LogP contribution in [0, 0.1) is 34.8 Å². The number of fused-ring (bicyclic) bond motifs is 4. The molecule has 7 rings (SSSR count). The van der Waals surface area contributed by atoms with Crippen molar-refractivity contribution in [2.75, 3.05) is 30.0 Å². The SMILES string of the molecule is CC(C)(C#Cc1ccc(-c2ccc(Cl)c3c(N(C(=O)OCCNC(=N)N)S(C)(=O)=O)nn(CC(F)(F)F)c23)c([C@H](Cc2cc(F)cc(F)c2)NC(=O)Cn2nc(C(F)(F)F)c3c2C(F)(F)[C@@H]2C[C@H]32)n1)S(C)(=O)=O. The summed E-state index contributed by atoms with van der Waals surface area (Å²) in [6.45, 7) is -1.85. The molecule has 392 valence electrons. The van der Waals surface area contributed by atoms with Crippen LogP contribution in [0.2, 0.25) is 5.02 Å². The molecular formula is C43H39ClF10N10O7S2. The summed E-state index contributed by atoms with van der Waals surface area (Å²) in [6, 6.07) is 4.63. The predicted molar refractivity (Wildman–Crippen MR) is 241 cm³/mol. The van der Waals surface area contributed by atoms with Gasteiger partial charge < -0.3 is 21.1 Å². The Morgan fingerprint density at radius 1 is 1.00 bits per heavy atom. The molecule has 0 saturated heterocycles. The van der Waals surface area contributed by atoms with Crippen molar-refractivity contribution in [3.05, 3.63) is 93.0 Å². The normalized spacial score (nSPS) is 16.8. The molecular weight excluding hydrogens is 1060 g/mol. The Bertz CT molecular complexity index is 3370. The Morgan fingerprint density at radius 3 is 2.23 bits per heavy atom. The highest BCUT2D eigenvalue weighted by atomic mass is 35.5. The smallest absolute Gasteiger partial charge is 0.435 e. The maximum absolute atomic E-state index is 15.6. The molecule has 1 fully saturated rings. The minimum atomic E-state index is -5.23. The Morgan fingerprint density at radius 2 is 1.64 bits per heavy atom. The number of hydrogen-bond acceptors (Lipinski definition) is 11. The summed E-state index contributed by atoms with van der Waals surface area (Å²) in [5.41, 5.74) is -0.846. The zero-order valence-electron chi connectivity index (χ0n) is 38.1. The highest BCUT2D eigenvalue weighted by Gasteiger charge is 2.68. The monoisotopic (exact) mass is 1100 g/mol. The molecule has 30 heteroatoms. The van der Waals surface area contributed by atoms with Crippen molar-refractivity contribution >= 4 is 66.1 Å². The molecule has 17 nitrogen and oxygen atoms in total. The molecule has 2 aliphatic carbocycles. The zero-order chi connectivity index (χ0) is 54.1. The van der Waals surface area contributed by atoms with Crippen molar-refractivity contribution in [3.8, 4) is 23.0 Å². The number of anilines is 1. The van der Waals surface area contributed by atoms with Gasteiger partial charge in [0.15, 0.2) is 27.3 Å². The van der Waals surface area contributed by atoms with E-state index in [4.69, 9.17) is 27.5 Å². The largest absolute Gasteiger partial charge is 0.447 e. The van der Waals surface area contributed by atoms with Gasteiger partial charge >= 0.3 is 18.4 Å². The van der Waals surface area contributed by atoms with Crippen molar-refractivity contribution in [3.63, 3.8) is 0 Å². The first-order valence-electron chi connectivity index (χ1n) is 21.1. The molecule has 3 aromatic heterocycles. The van der Waals surface area contributed by atoms with E-state index in [0.717, 1.165) is 42.7 Å². The first kappa shape index (κ1) is 54.1. The number of rotatable bonds is 14. The van der Waals surface area contributed by atoms with E-state index in [9.17, 15) is 61.5 Å². The van der Waals surface area contributed by atoms with Crippen LogP contribution in [0.5, 0.6) is 0 Å². The van der Waals surface area contributed by atoms with Gasteiger partial charge in [-0.05, 0) is 74.4 Å². The third-order valence-corrected chi connectivity index (χ3v) is 14.9. The van der Waals surface area contributed by atoms with Crippen molar-refractivity contribution in [2.45, 2.75) is 74.8 Å². The first-order valence-corrected chi connectivity index (χ1v) is 25.3. The highest BCUT2D eigenvalue weighted by molar-refractivity contribution is 7.93. The number of nitrogens with zero attached hydrogens (tertiary/aromatic N) is 6. The van der Waals surface area contributed by atoms with Crippen LogP contribution >= 0.6 is 11.6 Å². The van der Waals surface area contributed by atoms with Gasteiger partial charge in [-0.15, -0.1) is 0 Å². The van der Waals surface area contributed by atoms with Crippen LogP contribution in [0.3, 0.4) is 0 Å². The van der Waals surface area contributed by atoms with Crippen molar-refractivity contribution in [2.24, 2.45) is 11.7 Å². The molecule has 0 bridgehead atoms. The minimum Gasteiger partial charge on any atom is -0.447 e. The van der Waals surface area contributed by atoms with Gasteiger partial charge in [0.05, 0.1) is 40.5 Å². The lowest BCUT2D eigenvalue weighted by Gasteiger charge is -2.23. The van der Waals surface area contributed by atoms with Crippen LogP contribution < -0.4 is 20.7 Å². The molecule has 2 amide bonds. The Balaban J connectivity index is 1.47. The van der Waals surface area contributed by atoms with Crippen molar-refractivity contribution < 1.29 is 75.1 Å². The topological polar surface area (TPSA) is 237 Å². The predicted octanol–water partition coefficient (Wildman–Crippen LogP) is 6.68. The lowest BCUT2D eigenvalue weighted by atomic mass is 9.93. The molecule has 0 unspecified atom stereocenters. The zero-order valence-corrected chi connectivity index (χ0v) is 40.5. The van der Waals surface area contributed by atoms with E-state index in [1.165, 1.54) is 13.8 Å². The number of pyridine rings is 1. The van der Waals surface area contributed by atoms with Gasteiger partial charge in [0.25, 0.3) is 5.92 Å². The lowest BCUT2D eigenvalue weighted by Crippen LogP contribution is -2.39. The number of benzene rings is 2. The number of carbonyl (C=O) groups is 2. The average molecular weight is 1100 g/mol. The summed E-state index contributed by atoms with van der Waals surface area (Å²) < 4.78 is 202. The van der Waals surface area contributed by atoms with Gasteiger partial charge in [0.2, 0.25) is 15.9 Å². The number of amides is 2. The second-order valence-electron chi connectivity index (χ2n) is 17.5. The van der Waals surface area contributed by atoms with E-state index < -0.39 is 166 Å². The van der Waals surface area contributed by atoms with E-state index in [1.807, 2.05) is 0 Å². The number of guanidine groups is 1. The number of sulfonamides is 1. The van der Waals surface area contributed by atoms with Gasteiger partial charge in [-0.25, -0.2) is 35.4 Å². The van der Waals surface area contributed by atoms with Crippen LogP contribution in [-0.4, -0.2) is 95.9 Å². The van der Waals surface area contributed by atoms with E-state index >= 15 is 8.78 Å². The number of hydrogen-bond donors (Lipinski definition) is 4. The van der Waals surface area contributed by atoms with Crippen LogP contribution in [0.15, 0.2) is 42.5 Å². The van der Waals surface area contributed by atoms with E-state index in [0.29, 0.717) is 12.3 Å². The average Bonchev–Trinajstić information content (AvgIpc) is 3.75. The van der Waals surface area contributed by atoms with Crippen LogP contribution in [0.25, 0.3) is 22.0 Å². The van der Waals surface area contributed by atoms with Crippen LogP contribution in [-0.2, 0) is 61.0 Å². The van der Waals surface area contributed by atoms with E-state index in [1.54, 1.807) is 0 Å². The number of aromatic nitrogens is 5. The minimum absolute atomic E-state index is 0.0994. The number of nitrogens with two attached hydrogens (primary N) is 1. The quantitative estimate of drug-likeness (QED) is 0.0300. The molecule has 0 radical (unpaired) electrons. The first-order chi connectivity index (χ1) is 33.6. The summed E-state index contributed by atoms with van der Waals surface area (Å²) in [4.78, 5) is 32.1. The summed E-state index contributed by atoms with van der Waals surface area (Å²) in [5.74, 6) is -6.74. The fourth-order valence-electron chi connectivity index (χ4n) is 8.16. The van der Waals surface area contributed by atoms with Crippen molar-refractivity contribution in [1.29, 1.82) is 5.41 Å². The maximum atomic E-state index is 15.6. The van der Waals surface area contributed by atoms with Gasteiger partial charge in [0, 0.05) is 34.9 Å². The third-order valence-electron chi connectivity index (χ3n) is 11.6.